The maximum Gasteiger partial charge on any atom is 0.303 e. The third-order valence-electron chi connectivity index (χ3n) is 0.982. The number of rotatable bonds is 6. The largest absolute Gasteiger partial charge is 0.481 e. The number of unbranched alkanes of at least 4 members (excludes halogenated alkanes) is 1. The smallest absolute Gasteiger partial charge is 0.303 e. The van der Waals surface area contributed by atoms with E-state index >= 15 is 0 Å². The van der Waals surface area contributed by atoms with Crippen LogP contribution in [0.1, 0.15) is 19.3 Å². The van der Waals surface area contributed by atoms with Crippen LogP contribution in [0.5, 0.6) is 0 Å². The zero-order valence-corrected chi connectivity index (χ0v) is 5.86. The number of carboxylic acids is 1. The summed E-state index contributed by atoms with van der Waals surface area (Å²) in [6.07, 6.45) is 0.831. The summed E-state index contributed by atoms with van der Waals surface area (Å²) in [6, 6.07) is 0. The quantitative estimate of drug-likeness (QED) is 0.348. The summed E-state index contributed by atoms with van der Waals surface area (Å²) >= 11 is 0. The van der Waals surface area contributed by atoms with Gasteiger partial charge in [-0.2, -0.15) is 0 Å². The van der Waals surface area contributed by atoms with Gasteiger partial charge < -0.3 is 9.94 Å². The Morgan fingerprint density at radius 3 is 2.64 bits per heavy atom. The number of carbonyl (C=O) groups is 1. The van der Waals surface area contributed by atoms with Crippen LogP contribution in [0.3, 0.4) is 0 Å². The number of nitrogens with zero attached hydrogens (tertiary/aromatic N) is 1. The predicted octanol–water partition coefficient (Wildman–Crippen LogP) is 0.450. The van der Waals surface area contributed by atoms with Crippen molar-refractivity contribution in [2.24, 2.45) is 0 Å². The Hall–Kier alpha value is -1.33. The van der Waals surface area contributed by atoms with Crippen LogP contribution in [0.4, 0.5) is 0 Å². The van der Waals surface area contributed by atoms with E-state index in [0.717, 1.165) is 0 Å². The number of carboxylic acid groups (broad SMARTS) is 1. The van der Waals surface area contributed by atoms with Crippen LogP contribution in [0, 0.1) is 10.1 Å². The summed E-state index contributed by atoms with van der Waals surface area (Å²) in [5.74, 6) is -0.897. The Balaban J connectivity index is 3.03. The van der Waals surface area contributed by atoms with Crippen LogP contribution in [-0.2, 0) is 9.63 Å². The van der Waals surface area contributed by atoms with Crippen molar-refractivity contribution in [3.05, 3.63) is 10.1 Å². The Bertz CT molecular complexity index is 130. The second-order valence-corrected chi connectivity index (χ2v) is 1.91. The van der Waals surface area contributed by atoms with Gasteiger partial charge in [0.25, 0.3) is 5.09 Å². The molecule has 0 radical (unpaired) electrons. The number of hydrogen-bond donors (Lipinski definition) is 1. The highest BCUT2D eigenvalue weighted by Crippen LogP contribution is 1.95. The molecule has 0 saturated heterocycles. The van der Waals surface area contributed by atoms with Gasteiger partial charge in [-0.1, -0.05) is 0 Å². The Morgan fingerprint density at radius 2 is 2.18 bits per heavy atom. The molecule has 0 rings (SSSR count). The molecule has 0 amide bonds. The normalized spacial score (nSPS) is 9.09. The van der Waals surface area contributed by atoms with E-state index in [0.29, 0.717) is 12.8 Å². The van der Waals surface area contributed by atoms with Crippen molar-refractivity contribution in [2.45, 2.75) is 19.3 Å². The van der Waals surface area contributed by atoms with Gasteiger partial charge in [0, 0.05) is 6.42 Å². The molecule has 0 aliphatic carbocycles. The van der Waals surface area contributed by atoms with Crippen LogP contribution in [-0.4, -0.2) is 22.8 Å². The van der Waals surface area contributed by atoms with Crippen molar-refractivity contribution in [3.8, 4) is 0 Å². The highest BCUT2D eigenvalue weighted by atomic mass is 16.9. The van der Waals surface area contributed by atoms with Crippen molar-refractivity contribution in [1.29, 1.82) is 0 Å². The van der Waals surface area contributed by atoms with Crippen LogP contribution < -0.4 is 0 Å². The minimum absolute atomic E-state index is 0.0275. The van der Waals surface area contributed by atoms with Gasteiger partial charge in [0.1, 0.15) is 0 Å². The lowest BCUT2D eigenvalue weighted by Crippen LogP contribution is -2.03. The maximum atomic E-state index is 9.92. The molecule has 0 aromatic heterocycles. The summed E-state index contributed by atoms with van der Waals surface area (Å²) in [5, 5.41) is 16.8. The monoisotopic (exact) mass is 163 g/mol. The van der Waals surface area contributed by atoms with E-state index in [1.807, 2.05) is 0 Å². The van der Waals surface area contributed by atoms with Gasteiger partial charge in [0.15, 0.2) is 0 Å². The van der Waals surface area contributed by atoms with E-state index in [-0.39, 0.29) is 13.0 Å². The van der Waals surface area contributed by atoms with Crippen molar-refractivity contribution in [1.82, 2.24) is 0 Å². The molecule has 11 heavy (non-hydrogen) atoms. The zero-order chi connectivity index (χ0) is 8.69. The lowest BCUT2D eigenvalue weighted by molar-refractivity contribution is -0.757. The molecule has 0 atom stereocenters. The molecule has 0 aromatic carbocycles. The van der Waals surface area contributed by atoms with E-state index in [2.05, 4.69) is 4.84 Å². The Kier molecular flexibility index (Phi) is 4.80. The molecule has 0 aromatic rings. The van der Waals surface area contributed by atoms with Gasteiger partial charge in [-0.15, -0.1) is 10.1 Å². The second-order valence-electron chi connectivity index (χ2n) is 1.91. The highest BCUT2D eigenvalue weighted by Gasteiger charge is 1.97. The molecule has 0 aliphatic heterocycles. The van der Waals surface area contributed by atoms with Gasteiger partial charge in [-0.05, 0) is 12.8 Å². The van der Waals surface area contributed by atoms with Gasteiger partial charge in [0.2, 0.25) is 0 Å². The van der Waals surface area contributed by atoms with E-state index < -0.39 is 11.1 Å². The standard InChI is InChI=1S/C5H9NO5/c7-5(8)3-1-2-4-11-6(9)10/h1-4H2,(H,7,8). The summed E-state index contributed by atoms with van der Waals surface area (Å²) in [6.45, 7) is -0.0275. The fourth-order valence-corrected chi connectivity index (χ4v) is 0.517. The molecule has 0 spiro atoms. The predicted molar refractivity (Wildman–Crippen MR) is 34.4 cm³/mol. The lowest BCUT2D eigenvalue weighted by atomic mass is 10.2. The molecule has 1 N–H and O–H groups in total. The third kappa shape index (κ3) is 8.67. The molecule has 0 bridgehead atoms. The molecule has 6 nitrogen and oxygen atoms in total. The van der Waals surface area contributed by atoms with Gasteiger partial charge >= 0.3 is 5.97 Å². The molecule has 64 valence electrons. The first-order chi connectivity index (χ1) is 5.13. The van der Waals surface area contributed by atoms with Crippen LogP contribution in [0.15, 0.2) is 0 Å². The van der Waals surface area contributed by atoms with E-state index in [4.69, 9.17) is 5.11 Å². The first kappa shape index (κ1) is 9.67. The third-order valence-corrected chi connectivity index (χ3v) is 0.982. The number of hydrogen-bond acceptors (Lipinski definition) is 4. The highest BCUT2D eigenvalue weighted by molar-refractivity contribution is 5.66. The van der Waals surface area contributed by atoms with Crippen molar-refractivity contribution < 1.29 is 19.8 Å². The topological polar surface area (TPSA) is 89.7 Å². The summed E-state index contributed by atoms with van der Waals surface area (Å²) in [7, 11) is 0. The molecule has 0 saturated carbocycles. The first-order valence-electron chi connectivity index (χ1n) is 3.12. The number of aliphatic carboxylic acids is 1. The fourth-order valence-electron chi connectivity index (χ4n) is 0.517. The minimum Gasteiger partial charge on any atom is -0.481 e. The second kappa shape index (κ2) is 5.45. The summed E-state index contributed by atoms with van der Waals surface area (Å²) < 4.78 is 0. The molecular formula is C5H9NO5. The van der Waals surface area contributed by atoms with Gasteiger partial charge in [-0.3, -0.25) is 4.79 Å². The molecule has 0 fully saturated rings. The minimum atomic E-state index is -0.897. The molecule has 0 unspecified atom stereocenters. The fraction of sp³-hybridized carbons (Fsp3) is 0.800. The van der Waals surface area contributed by atoms with Crippen LogP contribution in [0.2, 0.25) is 0 Å². The SMILES string of the molecule is O=C(O)CCCCO[N+](=O)[O-]. The molecular weight excluding hydrogens is 154 g/mol. The molecule has 0 heterocycles. The Morgan fingerprint density at radius 1 is 1.55 bits per heavy atom. The van der Waals surface area contributed by atoms with Gasteiger partial charge in [-0.25, -0.2) is 0 Å². The summed E-state index contributed by atoms with van der Waals surface area (Å²) in [5.41, 5.74) is 0. The van der Waals surface area contributed by atoms with E-state index in [1.165, 1.54) is 0 Å². The van der Waals surface area contributed by atoms with Gasteiger partial charge in [0.05, 0.1) is 6.61 Å². The molecule has 6 heteroatoms. The first-order valence-corrected chi connectivity index (χ1v) is 3.12. The van der Waals surface area contributed by atoms with E-state index in [9.17, 15) is 14.9 Å². The van der Waals surface area contributed by atoms with Crippen LogP contribution in [0.25, 0.3) is 0 Å². The zero-order valence-electron chi connectivity index (χ0n) is 5.86. The van der Waals surface area contributed by atoms with Crippen molar-refractivity contribution >= 4 is 5.97 Å². The van der Waals surface area contributed by atoms with Crippen molar-refractivity contribution in [3.63, 3.8) is 0 Å². The Labute approximate surface area is 62.9 Å². The van der Waals surface area contributed by atoms with Crippen molar-refractivity contribution in [2.75, 3.05) is 6.61 Å². The van der Waals surface area contributed by atoms with E-state index in [1.54, 1.807) is 0 Å². The summed E-state index contributed by atoms with van der Waals surface area (Å²) in [4.78, 5) is 23.4. The molecule has 0 aliphatic rings. The average Bonchev–Trinajstić information content (AvgIpc) is 1.85. The lowest BCUT2D eigenvalue weighted by Gasteiger charge is -1.95. The average molecular weight is 163 g/mol. The van der Waals surface area contributed by atoms with Crippen LogP contribution >= 0.6 is 0 Å². The maximum absolute atomic E-state index is 9.92.